The van der Waals surface area contributed by atoms with E-state index < -0.39 is 12.0 Å². The highest BCUT2D eigenvalue weighted by Crippen LogP contribution is 2.15. The second kappa shape index (κ2) is 8.13. The van der Waals surface area contributed by atoms with Gasteiger partial charge in [-0.3, -0.25) is 9.59 Å². The third-order valence-corrected chi connectivity index (χ3v) is 3.75. The number of hydrogen-bond acceptors (Lipinski definition) is 2. The Morgan fingerprint density at radius 2 is 1.35 bits per heavy atom. The van der Waals surface area contributed by atoms with Gasteiger partial charge in [0.1, 0.15) is 6.04 Å². The van der Waals surface area contributed by atoms with Gasteiger partial charge in [-0.05, 0) is 30.9 Å². The van der Waals surface area contributed by atoms with E-state index in [-0.39, 0.29) is 11.8 Å². The lowest BCUT2D eigenvalue weighted by Crippen LogP contribution is -2.42. The van der Waals surface area contributed by atoms with E-state index >= 15 is 0 Å². The molecule has 0 bridgehead atoms. The van der Waals surface area contributed by atoms with Gasteiger partial charge in [-0.15, -0.1) is 0 Å². The third kappa shape index (κ3) is 5.25. The number of amides is 1. The quantitative estimate of drug-likeness (QED) is 0.826. The summed E-state index contributed by atoms with van der Waals surface area (Å²) in [5.41, 5.74) is 2.12. The van der Waals surface area contributed by atoms with Crippen LogP contribution in [0.3, 0.4) is 0 Å². The van der Waals surface area contributed by atoms with E-state index in [1.165, 1.54) is 6.92 Å². The minimum Gasteiger partial charge on any atom is -0.480 e. The maximum absolute atomic E-state index is 12.5. The van der Waals surface area contributed by atoms with Crippen molar-refractivity contribution in [1.82, 2.24) is 5.32 Å². The van der Waals surface area contributed by atoms with Gasteiger partial charge in [-0.25, -0.2) is 0 Å². The topological polar surface area (TPSA) is 66.4 Å². The van der Waals surface area contributed by atoms with Crippen LogP contribution < -0.4 is 5.32 Å². The van der Waals surface area contributed by atoms with E-state index in [0.717, 1.165) is 11.1 Å². The lowest BCUT2D eigenvalue weighted by Gasteiger charge is -2.19. The van der Waals surface area contributed by atoms with Crippen molar-refractivity contribution in [2.45, 2.75) is 25.8 Å². The zero-order valence-electron chi connectivity index (χ0n) is 13.1. The monoisotopic (exact) mass is 311 g/mol. The molecule has 2 N–H and O–H groups in total. The molecule has 0 aliphatic heterocycles. The van der Waals surface area contributed by atoms with Crippen LogP contribution in [0.1, 0.15) is 18.1 Å². The Hall–Kier alpha value is -2.62. The molecule has 2 aromatic rings. The van der Waals surface area contributed by atoms with Crippen molar-refractivity contribution < 1.29 is 14.7 Å². The zero-order chi connectivity index (χ0) is 16.7. The van der Waals surface area contributed by atoms with Crippen LogP contribution in [-0.2, 0) is 22.4 Å². The van der Waals surface area contributed by atoms with Crippen molar-refractivity contribution >= 4 is 11.9 Å². The molecular formula is C19H21NO3. The van der Waals surface area contributed by atoms with Gasteiger partial charge in [0.05, 0.1) is 0 Å². The van der Waals surface area contributed by atoms with Gasteiger partial charge in [-0.2, -0.15) is 0 Å². The molecule has 0 heterocycles. The van der Waals surface area contributed by atoms with Gasteiger partial charge >= 0.3 is 5.97 Å². The van der Waals surface area contributed by atoms with E-state index in [0.29, 0.717) is 12.8 Å². The van der Waals surface area contributed by atoms with Crippen molar-refractivity contribution in [1.29, 1.82) is 0 Å². The Balaban J connectivity index is 2.13. The highest BCUT2D eigenvalue weighted by Gasteiger charge is 2.23. The summed E-state index contributed by atoms with van der Waals surface area (Å²) in [7, 11) is 0. The fourth-order valence-electron chi connectivity index (χ4n) is 2.45. The molecule has 4 nitrogen and oxygen atoms in total. The number of carboxylic acid groups (broad SMARTS) is 1. The average Bonchev–Trinajstić information content (AvgIpc) is 2.56. The molecule has 2 rings (SSSR count). The Morgan fingerprint density at radius 3 is 1.74 bits per heavy atom. The summed E-state index contributed by atoms with van der Waals surface area (Å²) in [4.78, 5) is 23.5. The van der Waals surface area contributed by atoms with Gasteiger partial charge in [0.25, 0.3) is 0 Å². The molecule has 0 spiro atoms. The lowest BCUT2D eigenvalue weighted by atomic mass is 9.91. The van der Waals surface area contributed by atoms with Crippen LogP contribution in [0.15, 0.2) is 60.7 Å². The van der Waals surface area contributed by atoms with Gasteiger partial charge in [-0.1, -0.05) is 60.7 Å². The van der Waals surface area contributed by atoms with Gasteiger partial charge in [0.15, 0.2) is 0 Å². The van der Waals surface area contributed by atoms with E-state index in [1.807, 2.05) is 60.7 Å². The summed E-state index contributed by atoms with van der Waals surface area (Å²) in [6.45, 7) is 1.47. The molecule has 0 aliphatic rings. The molecule has 1 unspecified atom stereocenters. The van der Waals surface area contributed by atoms with Crippen molar-refractivity contribution in [2.75, 3.05) is 0 Å². The molecule has 0 saturated heterocycles. The van der Waals surface area contributed by atoms with Crippen LogP contribution in [0.4, 0.5) is 0 Å². The highest BCUT2D eigenvalue weighted by molar-refractivity contribution is 5.85. The number of benzene rings is 2. The molecule has 1 amide bonds. The molecule has 2 aromatic carbocycles. The summed E-state index contributed by atoms with van der Waals surface area (Å²) in [6.07, 6.45) is 1.15. The molecule has 4 heteroatoms. The second-order valence-corrected chi connectivity index (χ2v) is 5.64. The first kappa shape index (κ1) is 16.7. The maximum atomic E-state index is 12.5. The minimum atomic E-state index is -1.03. The SMILES string of the molecule is CC(NC(=O)C(Cc1ccccc1)Cc1ccccc1)C(=O)O. The number of carbonyl (C=O) groups is 2. The molecule has 0 radical (unpaired) electrons. The van der Waals surface area contributed by atoms with Crippen LogP contribution in [0.5, 0.6) is 0 Å². The fourth-order valence-corrected chi connectivity index (χ4v) is 2.45. The maximum Gasteiger partial charge on any atom is 0.325 e. The normalized spacial score (nSPS) is 11.9. The van der Waals surface area contributed by atoms with E-state index in [2.05, 4.69) is 5.32 Å². The zero-order valence-corrected chi connectivity index (χ0v) is 13.1. The van der Waals surface area contributed by atoms with Crippen LogP contribution in [-0.4, -0.2) is 23.0 Å². The van der Waals surface area contributed by atoms with Gasteiger partial charge in [0.2, 0.25) is 5.91 Å². The Labute approximate surface area is 136 Å². The predicted octanol–water partition coefficient (Wildman–Crippen LogP) is 2.68. The first-order chi connectivity index (χ1) is 11.1. The molecule has 0 aromatic heterocycles. The molecule has 23 heavy (non-hydrogen) atoms. The molecule has 0 aliphatic carbocycles. The molecule has 0 fully saturated rings. The number of aliphatic carboxylic acids is 1. The fraction of sp³-hybridized carbons (Fsp3) is 0.263. The number of hydrogen-bond donors (Lipinski definition) is 2. The van der Waals surface area contributed by atoms with E-state index in [9.17, 15) is 9.59 Å². The minimum absolute atomic E-state index is 0.229. The second-order valence-electron chi connectivity index (χ2n) is 5.64. The Bertz CT molecular complexity index is 599. The summed E-state index contributed by atoms with van der Waals surface area (Å²) in [5, 5.41) is 11.6. The summed E-state index contributed by atoms with van der Waals surface area (Å²) < 4.78 is 0. The molecule has 1 atom stereocenters. The number of carbonyl (C=O) groups excluding carboxylic acids is 1. The van der Waals surface area contributed by atoms with Crippen molar-refractivity contribution in [3.8, 4) is 0 Å². The third-order valence-electron chi connectivity index (χ3n) is 3.75. The van der Waals surface area contributed by atoms with Crippen LogP contribution in [0.25, 0.3) is 0 Å². The average molecular weight is 311 g/mol. The predicted molar refractivity (Wildman–Crippen MR) is 89.0 cm³/mol. The van der Waals surface area contributed by atoms with Crippen LogP contribution >= 0.6 is 0 Å². The molecule has 120 valence electrons. The molecule has 0 saturated carbocycles. The van der Waals surface area contributed by atoms with Gasteiger partial charge < -0.3 is 10.4 Å². The lowest BCUT2D eigenvalue weighted by molar-refractivity contribution is -0.141. The largest absolute Gasteiger partial charge is 0.480 e. The van der Waals surface area contributed by atoms with Crippen LogP contribution in [0, 0.1) is 5.92 Å². The summed E-state index contributed by atoms with van der Waals surface area (Å²) in [5.74, 6) is -1.56. The van der Waals surface area contributed by atoms with E-state index in [1.54, 1.807) is 0 Å². The van der Waals surface area contributed by atoms with Crippen molar-refractivity contribution in [3.05, 3.63) is 71.8 Å². The highest BCUT2D eigenvalue weighted by atomic mass is 16.4. The molecular weight excluding hydrogens is 290 g/mol. The van der Waals surface area contributed by atoms with Gasteiger partial charge in [0, 0.05) is 5.92 Å². The first-order valence-corrected chi connectivity index (χ1v) is 7.67. The smallest absolute Gasteiger partial charge is 0.325 e. The number of nitrogens with one attached hydrogen (secondary N) is 1. The first-order valence-electron chi connectivity index (χ1n) is 7.67. The van der Waals surface area contributed by atoms with Crippen molar-refractivity contribution in [2.24, 2.45) is 5.92 Å². The Morgan fingerprint density at radius 1 is 0.913 bits per heavy atom. The standard InChI is InChI=1S/C19H21NO3/c1-14(19(22)23)20-18(21)17(12-15-8-4-2-5-9-15)13-16-10-6-3-7-11-16/h2-11,14,17H,12-13H2,1H3,(H,20,21)(H,22,23). The van der Waals surface area contributed by atoms with Crippen LogP contribution in [0.2, 0.25) is 0 Å². The number of rotatable bonds is 7. The van der Waals surface area contributed by atoms with Crippen molar-refractivity contribution in [3.63, 3.8) is 0 Å². The van der Waals surface area contributed by atoms with E-state index in [4.69, 9.17) is 5.11 Å². The Kier molecular flexibility index (Phi) is 5.92. The summed E-state index contributed by atoms with van der Waals surface area (Å²) in [6, 6.07) is 18.6. The summed E-state index contributed by atoms with van der Waals surface area (Å²) >= 11 is 0. The number of carboxylic acids is 1.